The third-order valence-corrected chi connectivity index (χ3v) is 9.19. The van der Waals surface area contributed by atoms with Crippen molar-refractivity contribution < 1.29 is 10.0 Å². The second kappa shape index (κ2) is 12.3. The standard InChI is InChI=1S/C14H13NO3S.C6H6Cl6/c16-13-7-3-11(4-8-13)14(19)9-10-1-5-12(6-2-10)15(17)18;7-1-2(8)4(10)6(12)5(11)3(1)9/h1-8,14,16,19H,9H2;1-6H. The molecule has 0 spiro atoms. The van der Waals surface area contributed by atoms with Gasteiger partial charge in [0, 0.05) is 17.4 Å². The van der Waals surface area contributed by atoms with E-state index in [0.717, 1.165) is 11.1 Å². The Morgan fingerprint density at radius 1 is 0.806 bits per heavy atom. The molecule has 1 saturated carbocycles. The Morgan fingerprint density at radius 2 is 1.19 bits per heavy atom. The maximum atomic E-state index is 10.6. The SMILES string of the molecule is ClC1C(Cl)C(Cl)C(Cl)C(Cl)C1Cl.O=[N+]([O-])c1ccc(CC(S)c2ccc(O)cc2)cc1. The smallest absolute Gasteiger partial charge is 0.269 e. The molecule has 0 aromatic heterocycles. The van der Waals surface area contributed by atoms with Crippen LogP contribution in [0.2, 0.25) is 0 Å². The van der Waals surface area contributed by atoms with Crippen molar-refractivity contribution in [1.82, 2.24) is 0 Å². The zero-order chi connectivity index (χ0) is 23.3. The van der Waals surface area contributed by atoms with Crippen LogP contribution in [0.1, 0.15) is 16.4 Å². The summed E-state index contributed by atoms with van der Waals surface area (Å²) in [6.07, 6.45) is 0.673. The fourth-order valence-electron chi connectivity index (χ4n) is 2.85. The zero-order valence-electron chi connectivity index (χ0n) is 15.8. The molecule has 1 atom stereocenters. The van der Waals surface area contributed by atoms with E-state index in [1.54, 1.807) is 24.3 Å². The van der Waals surface area contributed by atoms with E-state index in [2.05, 4.69) is 12.6 Å². The number of rotatable bonds is 4. The average Bonchev–Trinajstić information content (AvgIpc) is 2.76. The van der Waals surface area contributed by atoms with Gasteiger partial charge in [0.1, 0.15) is 5.75 Å². The van der Waals surface area contributed by atoms with E-state index in [-0.39, 0.29) is 16.7 Å². The fraction of sp³-hybridized carbons (Fsp3) is 0.400. The van der Waals surface area contributed by atoms with Gasteiger partial charge < -0.3 is 5.11 Å². The molecule has 0 amide bonds. The van der Waals surface area contributed by atoms with Crippen molar-refractivity contribution in [2.75, 3.05) is 0 Å². The maximum absolute atomic E-state index is 10.6. The summed E-state index contributed by atoms with van der Waals surface area (Å²) in [4.78, 5) is 10.1. The molecule has 0 heterocycles. The number of hydrogen-bond acceptors (Lipinski definition) is 4. The normalized spacial score (nSPS) is 28.9. The van der Waals surface area contributed by atoms with Gasteiger partial charge in [0.2, 0.25) is 0 Å². The van der Waals surface area contributed by atoms with Gasteiger partial charge in [0.05, 0.1) is 37.2 Å². The summed E-state index contributed by atoms with van der Waals surface area (Å²) < 4.78 is 0. The van der Waals surface area contributed by atoms with Gasteiger partial charge in [-0.2, -0.15) is 12.6 Å². The molecule has 4 nitrogen and oxygen atoms in total. The van der Waals surface area contributed by atoms with Crippen molar-refractivity contribution in [2.45, 2.75) is 43.9 Å². The first-order valence-electron chi connectivity index (χ1n) is 9.07. The van der Waals surface area contributed by atoms with Crippen LogP contribution in [0.15, 0.2) is 48.5 Å². The molecule has 1 fully saturated rings. The molecule has 0 bridgehead atoms. The Labute approximate surface area is 216 Å². The number of alkyl halides is 6. The highest BCUT2D eigenvalue weighted by molar-refractivity contribution is 7.80. The van der Waals surface area contributed by atoms with E-state index in [1.165, 1.54) is 12.1 Å². The number of phenols is 1. The van der Waals surface area contributed by atoms with Gasteiger partial charge in [0.25, 0.3) is 5.69 Å². The number of thiol groups is 1. The minimum Gasteiger partial charge on any atom is -0.508 e. The van der Waals surface area contributed by atoms with Gasteiger partial charge in [-0.3, -0.25) is 10.1 Å². The molecule has 31 heavy (non-hydrogen) atoms. The molecular weight excluding hydrogens is 547 g/mol. The Balaban J connectivity index is 0.000000245. The summed E-state index contributed by atoms with van der Waals surface area (Å²) >= 11 is 39.8. The minimum atomic E-state index is -0.437. The highest BCUT2D eigenvalue weighted by Gasteiger charge is 2.46. The lowest BCUT2D eigenvalue weighted by Crippen LogP contribution is -2.52. The number of benzene rings is 2. The predicted octanol–water partition coefficient (Wildman–Crippen LogP) is 7.16. The number of hydrogen-bond donors (Lipinski definition) is 2. The average molecular weight is 566 g/mol. The second-order valence-electron chi connectivity index (χ2n) is 6.90. The lowest BCUT2D eigenvalue weighted by molar-refractivity contribution is -0.384. The van der Waals surface area contributed by atoms with E-state index in [9.17, 15) is 15.2 Å². The van der Waals surface area contributed by atoms with Crippen molar-refractivity contribution in [3.8, 4) is 5.75 Å². The van der Waals surface area contributed by atoms with Crippen LogP contribution in [0.4, 0.5) is 5.69 Å². The molecule has 0 aliphatic heterocycles. The molecule has 0 radical (unpaired) electrons. The quantitative estimate of drug-likeness (QED) is 0.179. The predicted molar refractivity (Wildman–Crippen MR) is 134 cm³/mol. The molecule has 1 unspecified atom stereocenters. The third kappa shape index (κ3) is 7.36. The molecule has 170 valence electrons. The highest BCUT2D eigenvalue weighted by atomic mass is 35.5. The number of nitro benzene ring substituents is 1. The molecule has 3 rings (SSSR count). The van der Waals surface area contributed by atoms with E-state index in [4.69, 9.17) is 69.6 Å². The summed E-state index contributed by atoms with van der Waals surface area (Å²) in [5, 5.41) is 17.1. The monoisotopic (exact) mass is 563 g/mol. The number of nitro groups is 1. The summed E-state index contributed by atoms with van der Waals surface area (Å²) in [5.74, 6) is 0.222. The van der Waals surface area contributed by atoms with E-state index < -0.39 is 37.2 Å². The molecule has 2 aromatic rings. The first-order chi connectivity index (χ1) is 14.5. The van der Waals surface area contributed by atoms with Crippen LogP contribution < -0.4 is 0 Å². The number of nitrogens with zero attached hydrogens (tertiary/aromatic N) is 1. The largest absolute Gasteiger partial charge is 0.508 e. The van der Waals surface area contributed by atoms with E-state index in [1.807, 2.05) is 12.1 Å². The Kier molecular flexibility index (Phi) is 10.7. The third-order valence-electron chi connectivity index (χ3n) is 4.68. The fourth-order valence-corrected chi connectivity index (χ4v) is 5.56. The van der Waals surface area contributed by atoms with Gasteiger partial charge in [-0.1, -0.05) is 24.3 Å². The van der Waals surface area contributed by atoms with Gasteiger partial charge in [-0.25, -0.2) is 0 Å². The molecule has 1 N–H and O–H groups in total. The zero-order valence-corrected chi connectivity index (χ0v) is 21.2. The first-order valence-corrected chi connectivity index (χ1v) is 12.2. The minimum absolute atomic E-state index is 0.0120. The lowest BCUT2D eigenvalue weighted by Gasteiger charge is -2.37. The van der Waals surface area contributed by atoms with E-state index in [0.29, 0.717) is 6.42 Å². The van der Waals surface area contributed by atoms with Gasteiger partial charge >= 0.3 is 0 Å². The summed E-state index contributed by atoms with van der Waals surface area (Å²) in [7, 11) is 0. The summed E-state index contributed by atoms with van der Waals surface area (Å²) in [5.41, 5.74) is 2.07. The first kappa shape index (κ1) is 27.0. The summed E-state index contributed by atoms with van der Waals surface area (Å²) in [6.45, 7) is 0. The van der Waals surface area contributed by atoms with Crippen LogP contribution in [0.25, 0.3) is 0 Å². The number of non-ortho nitro benzene ring substituents is 1. The number of aromatic hydroxyl groups is 1. The van der Waals surface area contributed by atoms with Gasteiger partial charge in [0.15, 0.2) is 0 Å². The van der Waals surface area contributed by atoms with Crippen LogP contribution in [0, 0.1) is 10.1 Å². The van der Waals surface area contributed by atoms with Crippen molar-refractivity contribution in [3.05, 3.63) is 69.8 Å². The number of phenolic OH excluding ortho intramolecular Hbond substituents is 1. The molecular formula is C20H19Cl6NO3S. The Hall–Kier alpha value is -0.270. The van der Waals surface area contributed by atoms with Crippen LogP contribution in [-0.4, -0.2) is 42.3 Å². The highest BCUT2D eigenvalue weighted by Crippen LogP contribution is 2.39. The molecule has 2 aromatic carbocycles. The van der Waals surface area contributed by atoms with Gasteiger partial charge in [-0.15, -0.1) is 69.6 Å². The van der Waals surface area contributed by atoms with Crippen LogP contribution in [-0.2, 0) is 6.42 Å². The molecule has 1 aliphatic carbocycles. The Bertz CT molecular complexity index is 798. The number of halogens is 6. The Morgan fingerprint density at radius 3 is 1.55 bits per heavy atom. The van der Waals surface area contributed by atoms with Crippen molar-refractivity contribution in [2.24, 2.45) is 0 Å². The lowest BCUT2D eigenvalue weighted by atomic mass is 9.97. The van der Waals surface area contributed by atoms with E-state index >= 15 is 0 Å². The molecule has 0 saturated heterocycles. The maximum Gasteiger partial charge on any atom is 0.269 e. The van der Waals surface area contributed by atoms with Crippen molar-refractivity contribution >= 4 is 87.9 Å². The topological polar surface area (TPSA) is 63.4 Å². The van der Waals surface area contributed by atoms with Crippen LogP contribution >= 0.6 is 82.2 Å². The van der Waals surface area contributed by atoms with Gasteiger partial charge in [-0.05, 0) is 29.7 Å². The van der Waals surface area contributed by atoms with Crippen molar-refractivity contribution in [3.63, 3.8) is 0 Å². The molecule has 11 heteroatoms. The molecule has 1 aliphatic rings. The second-order valence-corrected chi connectivity index (χ2v) is 10.5. The van der Waals surface area contributed by atoms with Crippen molar-refractivity contribution in [1.29, 1.82) is 0 Å². The summed E-state index contributed by atoms with van der Waals surface area (Å²) in [6, 6.07) is 13.3. The van der Waals surface area contributed by atoms with Crippen LogP contribution in [0.5, 0.6) is 5.75 Å². The van der Waals surface area contributed by atoms with Crippen LogP contribution in [0.3, 0.4) is 0 Å².